The minimum absolute atomic E-state index is 0.306. The second-order valence-corrected chi connectivity index (χ2v) is 6.55. The molecule has 0 aliphatic carbocycles. The average Bonchev–Trinajstić information content (AvgIpc) is 2.66. The average molecular weight is 359 g/mol. The predicted octanol–water partition coefficient (Wildman–Crippen LogP) is 4.51. The zero-order valence-electron chi connectivity index (χ0n) is 15.5. The highest BCUT2D eigenvalue weighted by atomic mass is 16.2. The van der Waals surface area contributed by atoms with Crippen LogP contribution in [0.1, 0.15) is 37.4 Å². The Hall–Kier alpha value is -3.47. The number of hydrogen-bond donors (Lipinski definition) is 2. The standard InChI is InChI=1S/C22H21N3O2/c1-14-4-7-19(8-5-14)24-21(26)17-11-18(13-23-12-17)22(27)25-20-9-6-15(2)10-16(20)3/h4-13H,1-3H3,(H,24,26)(H,25,27). The van der Waals surface area contributed by atoms with Crippen molar-refractivity contribution in [2.75, 3.05) is 10.6 Å². The molecule has 1 aromatic heterocycles. The summed E-state index contributed by atoms with van der Waals surface area (Å²) in [5, 5.41) is 5.67. The fourth-order valence-electron chi connectivity index (χ4n) is 2.68. The molecule has 5 heteroatoms. The first-order valence-electron chi connectivity index (χ1n) is 8.64. The third-order valence-electron chi connectivity index (χ3n) is 4.20. The summed E-state index contributed by atoms with van der Waals surface area (Å²) in [5.41, 5.74) is 5.29. The third-order valence-corrected chi connectivity index (χ3v) is 4.20. The number of hydrogen-bond acceptors (Lipinski definition) is 3. The van der Waals surface area contributed by atoms with Crippen LogP contribution >= 0.6 is 0 Å². The molecule has 0 fully saturated rings. The van der Waals surface area contributed by atoms with Gasteiger partial charge in [-0.15, -0.1) is 0 Å². The van der Waals surface area contributed by atoms with E-state index in [9.17, 15) is 9.59 Å². The lowest BCUT2D eigenvalue weighted by Crippen LogP contribution is -2.16. The van der Waals surface area contributed by atoms with Crippen LogP contribution in [0.15, 0.2) is 60.9 Å². The largest absolute Gasteiger partial charge is 0.322 e. The summed E-state index contributed by atoms with van der Waals surface area (Å²) in [4.78, 5) is 29.0. The highest BCUT2D eigenvalue weighted by molar-refractivity contribution is 6.08. The molecule has 0 spiro atoms. The minimum atomic E-state index is -0.312. The monoisotopic (exact) mass is 359 g/mol. The van der Waals surface area contributed by atoms with E-state index in [4.69, 9.17) is 0 Å². The van der Waals surface area contributed by atoms with Crippen molar-refractivity contribution < 1.29 is 9.59 Å². The van der Waals surface area contributed by atoms with Gasteiger partial charge in [0, 0.05) is 23.8 Å². The predicted molar refractivity (Wildman–Crippen MR) is 107 cm³/mol. The Bertz CT molecular complexity index is 995. The number of nitrogens with zero attached hydrogens (tertiary/aromatic N) is 1. The fraction of sp³-hybridized carbons (Fsp3) is 0.136. The molecule has 2 aromatic carbocycles. The summed E-state index contributed by atoms with van der Waals surface area (Å²) in [6.45, 7) is 5.92. The van der Waals surface area contributed by atoms with Crippen molar-refractivity contribution in [3.63, 3.8) is 0 Å². The molecule has 0 aliphatic heterocycles. The number of carbonyl (C=O) groups is 2. The molecule has 0 saturated carbocycles. The maximum absolute atomic E-state index is 12.5. The summed E-state index contributed by atoms with van der Waals surface area (Å²) in [6, 6.07) is 14.8. The molecule has 0 radical (unpaired) electrons. The smallest absolute Gasteiger partial charge is 0.257 e. The zero-order chi connectivity index (χ0) is 19.4. The quantitative estimate of drug-likeness (QED) is 0.720. The Labute approximate surface area is 158 Å². The number of aromatic nitrogens is 1. The molecule has 0 atom stereocenters. The molecule has 0 unspecified atom stereocenters. The lowest BCUT2D eigenvalue weighted by atomic mass is 10.1. The number of carbonyl (C=O) groups excluding carboxylic acids is 2. The van der Waals surface area contributed by atoms with E-state index in [2.05, 4.69) is 15.6 Å². The van der Waals surface area contributed by atoms with Gasteiger partial charge in [-0.2, -0.15) is 0 Å². The number of benzene rings is 2. The molecular formula is C22H21N3O2. The van der Waals surface area contributed by atoms with Gasteiger partial charge >= 0.3 is 0 Å². The van der Waals surface area contributed by atoms with Gasteiger partial charge < -0.3 is 10.6 Å². The van der Waals surface area contributed by atoms with Gasteiger partial charge in [0.2, 0.25) is 0 Å². The van der Waals surface area contributed by atoms with Crippen LogP contribution in [0.5, 0.6) is 0 Å². The zero-order valence-corrected chi connectivity index (χ0v) is 15.5. The molecule has 1 heterocycles. The van der Waals surface area contributed by atoms with E-state index in [-0.39, 0.29) is 11.8 Å². The summed E-state index contributed by atoms with van der Waals surface area (Å²) in [6.07, 6.45) is 2.89. The summed E-state index contributed by atoms with van der Waals surface area (Å²) in [5.74, 6) is -0.619. The summed E-state index contributed by atoms with van der Waals surface area (Å²) < 4.78 is 0. The molecule has 2 N–H and O–H groups in total. The fourth-order valence-corrected chi connectivity index (χ4v) is 2.68. The van der Waals surface area contributed by atoms with E-state index in [0.717, 1.165) is 22.4 Å². The Morgan fingerprint density at radius 2 is 1.33 bits per heavy atom. The molecule has 0 saturated heterocycles. The number of anilines is 2. The van der Waals surface area contributed by atoms with E-state index in [0.29, 0.717) is 16.8 Å². The van der Waals surface area contributed by atoms with Crippen LogP contribution in [-0.4, -0.2) is 16.8 Å². The second-order valence-electron chi connectivity index (χ2n) is 6.55. The maximum Gasteiger partial charge on any atom is 0.257 e. The van der Waals surface area contributed by atoms with Crippen LogP contribution in [0.25, 0.3) is 0 Å². The van der Waals surface area contributed by atoms with Crippen LogP contribution in [0.2, 0.25) is 0 Å². The topological polar surface area (TPSA) is 71.1 Å². The molecule has 3 rings (SSSR count). The van der Waals surface area contributed by atoms with Crippen molar-refractivity contribution in [3.05, 3.63) is 88.7 Å². The van der Waals surface area contributed by atoms with Gasteiger partial charge in [-0.1, -0.05) is 35.4 Å². The second kappa shape index (κ2) is 7.83. The van der Waals surface area contributed by atoms with Crippen molar-refractivity contribution >= 4 is 23.2 Å². The first-order chi connectivity index (χ1) is 12.9. The van der Waals surface area contributed by atoms with Crippen molar-refractivity contribution in [3.8, 4) is 0 Å². The van der Waals surface area contributed by atoms with Gasteiger partial charge in [0.1, 0.15) is 0 Å². The summed E-state index contributed by atoms with van der Waals surface area (Å²) in [7, 11) is 0. The first-order valence-corrected chi connectivity index (χ1v) is 8.64. The van der Waals surface area contributed by atoms with E-state index in [1.54, 1.807) is 0 Å². The number of nitrogens with one attached hydrogen (secondary N) is 2. The Morgan fingerprint density at radius 3 is 1.96 bits per heavy atom. The first kappa shape index (κ1) is 18.3. The number of rotatable bonds is 4. The van der Waals surface area contributed by atoms with E-state index < -0.39 is 0 Å². The van der Waals surface area contributed by atoms with Crippen LogP contribution in [0.3, 0.4) is 0 Å². The van der Waals surface area contributed by atoms with Gasteiger partial charge in [0.25, 0.3) is 11.8 Å². The molecule has 0 bridgehead atoms. The number of pyridine rings is 1. The van der Waals surface area contributed by atoms with Gasteiger partial charge in [0.15, 0.2) is 0 Å². The van der Waals surface area contributed by atoms with Gasteiger partial charge in [-0.05, 0) is 50.6 Å². The Balaban J connectivity index is 1.75. The van der Waals surface area contributed by atoms with Crippen molar-refractivity contribution in [1.82, 2.24) is 4.98 Å². The van der Waals surface area contributed by atoms with Gasteiger partial charge in [-0.25, -0.2) is 0 Å². The van der Waals surface area contributed by atoms with E-state index >= 15 is 0 Å². The van der Waals surface area contributed by atoms with Crippen molar-refractivity contribution in [1.29, 1.82) is 0 Å². The number of aryl methyl sites for hydroxylation is 3. The van der Waals surface area contributed by atoms with E-state index in [1.165, 1.54) is 18.5 Å². The molecule has 5 nitrogen and oxygen atoms in total. The lowest BCUT2D eigenvalue weighted by molar-refractivity contribution is 0.102. The maximum atomic E-state index is 12.5. The molecular weight excluding hydrogens is 338 g/mol. The SMILES string of the molecule is Cc1ccc(NC(=O)c2cncc(C(=O)Nc3ccc(C)cc3C)c2)cc1. The highest BCUT2D eigenvalue weighted by Crippen LogP contribution is 2.17. The van der Waals surface area contributed by atoms with Gasteiger partial charge in [-0.3, -0.25) is 14.6 Å². The molecule has 27 heavy (non-hydrogen) atoms. The van der Waals surface area contributed by atoms with E-state index in [1.807, 2.05) is 63.2 Å². The number of amides is 2. The van der Waals surface area contributed by atoms with Crippen molar-refractivity contribution in [2.45, 2.75) is 20.8 Å². The molecule has 136 valence electrons. The Kier molecular flexibility index (Phi) is 5.31. The Morgan fingerprint density at radius 1 is 0.741 bits per heavy atom. The van der Waals surface area contributed by atoms with Crippen molar-refractivity contribution in [2.24, 2.45) is 0 Å². The third kappa shape index (κ3) is 4.58. The molecule has 0 aliphatic rings. The van der Waals surface area contributed by atoms with Crippen LogP contribution < -0.4 is 10.6 Å². The normalized spacial score (nSPS) is 10.3. The van der Waals surface area contributed by atoms with Crippen LogP contribution in [0.4, 0.5) is 11.4 Å². The minimum Gasteiger partial charge on any atom is -0.322 e. The molecule has 3 aromatic rings. The van der Waals surface area contributed by atoms with Gasteiger partial charge in [0.05, 0.1) is 11.1 Å². The summed E-state index contributed by atoms with van der Waals surface area (Å²) >= 11 is 0. The molecule has 2 amide bonds. The lowest BCUT2D eigenvalue weighted by Gasteiger charge is -2.10. The highest BCUT2D eigenvalue weighted by Gasteiger charge is 2.13. The van der Waals surface area contributed by atoms with Crippen LogP contribution in [0, 0.1) is 20.8 Å². The van der Waals surface area contributed by atoms with Crippen LogP contribution in [-0.2, 0) is 0 Å².